The largest absolute Gasteiger partial charge is 0.492 e. The van der Waals surface area contributed by atoms with Crippen molar-refractivity contribution in [3.63, 3.8) is 0 Å². The third kappa shape index (κ3) is 10.4. The lowest BCUT2D eigenvalue weighted by molar-refractivity contribution is -0.138. The average Bonchev–Trinajstić information content (AvgIpc) is 3.22. The summed E-state index contributed by atoms with van der Waals surface area (Å²) in [6.07, 6.45) is 0.807. The average molecular weight is 696 g/mol. The Bertz CT molecular complexity index is 1740. The first-order valence-corrected chi connectivity index (χ1v) is 17.7. The van der Waals surface area contributed by atoms with Crippen LogP contribution in [0.2, 0.25) is 0 Å². The van der Waals surface area contributed by atoms with E-state index in [0.29, 0.717) is 41.5 Å². The molecule has 1 heterocycles. The lowest BCUT2D eigenvalue weighted by Crippen LogP contribution is -2.45. The molecule has 0 spiro atoms. The molecule has 2 amide bonds. The molecule has 0 saturated heterocycles. The number of anilines is 1. The molecule has 0 aliphatic carbocycles. The van der Waals surface area contributed by atoms with Gasteiger partial charge in [-0.3, -0.25) is 9.59 Å². The molecule has 8 nitrogen and oxygen atoms in total. The fourth-order valence-corrected chi connectivity index (χ4v) is 6.27. The number of nitrogens with one attached hydrogen (secondary N) is 2. The normalized spacial score (nSPS) is 15.9. The maximum Gasteiger partial charge on any atom is 0.256 e. The van der Waals surface area contributed by atoms with E-state index < -0.39 is 23.9 Å². The smallest absolute Gasteiger partial charge is 0.256 e. The monoisotopic (exact) mass is 695 g/mol. The molecule has 9 heteroatoms. The minimum Gasteiger partial charge on any atom is -0.492 e. The van der Waals surface area contributed by atoms with Gasteiger partial charge in [-0.1, -0.05) is 99.6 Å². The highest BCUT2D eigenvalue weighted by Crippen LogP contribution is 2.45. The van der Waals surface area contributed by atoms with Crippen LogP contribution in [0.1, 0.15) is 68.4 Å². The SMILES string of the molecule is COc1c(OCCCNCCCc2ccccc2)cccc1C1OC(CC(=O)NCc2ccccc2F)C(=O)N(CC(C)(C)C)c2ccccc21. The van der Waals surface area contributed by atoms with Crippen molar-refractivity contribution in [2.75, 3.05) is 38.3 Å². The minimum absolute atomic E-state index is 0.00179. The van der Waals surface area contributed by atoms with Gasteiger partial charge in [-0.15, -0.1) is 0 Å². The number of methoxy groups -OCH3 is 1. The van der Waals surface area contributed by atoms with E-state index in [0.717, 1.165) is 37.9 Å². The Morgan fingerprint density at radius 3 is 2.35 bits per heavy atom. The number of carbonyl (C=O) groups excluding carboxylic acids is 2. The Morgan fingerprint density at radius 2 is 1.59 bits per heavy atom. The van der Waals surface area contributed by atoms with E-state index in [1.165, 1.54) is 11.6 Å². The molecule has 2 unspecified atom stereocenters. The molecule has 1 aliphatic heterocycles. The molecule has 0 radical (unpaired) electrons. The summed E-state index contributed by atoms with van der Waals surface area (Å²) >= 11 is 0. The summed E-state index contributed by atoms with van der Waals surface area (Å²) in [5.41, 5.74) is 3.63. The van der Waals surface area contributed by atoms with Gasteiger partial charge >= 0.3 is 0 Å². The van der Waals surface area contributed by atoms with E-state index in [-0.39, 0.29) is 24.3 Å². The van der Waals surface area contributed by atoms with Gasteiger partial charge in [0.2, 0.25) is 5.91 Å². The van der Waals surface area contributed by atoms with Gasteiger partial charge in [0, 0.05) is 35.5 Å². The zero-order valence-electron chi connectivity index (χ0n) is 30.1. The van der Waals surface area contributed by atoms with Crippen LogP contribution < -0.4 is 25.0 Å². The summed E-state index contributed by atoms with van der Waals surface area (Å²) in [7, 11) is 1.59. The number of para-hydroxylation sites is 2. The summed E-state index contributed by atoms with van der Waals surface area (Å²) in [6, 6.07) is 30.1. The molecule has 1 aliphatic rings. The molecule has 0 fully saturated rings. The van der Waals surface area contributed by atoms with Crippen LogP contribution in [-0.2, 0) is 27.3 Å². The van der Waals surface area contributed by atoms with Crippen LogP contribution in [-0.4, -0.2) is 51.3 Å². The number of carbonyl (C=O) groups is 2. The third-order valence-electron chi connectivity index (χ3n) is 8.70. The van der Waals surface area contributed by atoms with Gasteiger partial charge in [-0.25, -0.2) is 4.39 Å². The Balaban J connectivity index is 1.32. The maximum absolute atomic E-state index is 14.3. The zero-order chi connectivity index (χ0) is 36.2. The number of rotatable bonds is 16. The number of hydrogen-bond acceptors (Lipinski definition) is 6. The predicted octanol–water partition coefficient (Wildman–Crippen LogP) is 7.40. The number of fused-ring (bicyclic) bond motifs is 1. The first kappa shape index (κ1) is 37.5. The second kappa shape index (κ2) is 18.0. The Kier molecular flexibility index (Phi) is 13.2. The number of ether oxygens (including phenoxy) is 3. The number of nitrogens with zero attached hydrogens (tertiary/aromatic N) is 1. The number of halogens is 1. The van der Waals surface area contributed by atoms with Crippen molar-refractivity contribution in [1.82, 2.24) is 10.6 Å². The van der Waals surface area contributed by atoms with E-state index >= 15 is 0 Å². The van der Waals surface area contributed by atoms with Crippen LogP contribution >= 0.6 is 0 Å². The van der Waals surface area contributed by atoms with Gasteiger partial charge in [0.05, 0.1) is 20.1 Å². The number of amides is 2. The van der Waals surface area contributed by atoms with Crippen LogP contribution in [0, 0.1) is 11.2 Å². The van der Waals surface area contributed by atoms with Crippen molar-refractivity contribution in [2.45, 2.75) is 65.2 Å². The second-order valence-electron chi connectivity index (χ2n) is 14.0. The molecule has 5 rings (SSSR count). The molecule has 270 valence electrons. The highest BCUT2D eigenvalue weighted by atomic mass is 19.1. The molecule has 2 atom stereocenters. The van der Waals surface area contributed by atoms with Crippen LogP contribution in [0.4, 0.5) is 10.1 Å². The quantitative estimate of drug-likeness (QED) is 0.119. The molecule has 0 bridgehead atoms. The third-order valence-corrected chi connectivity index (χ3v) is 8.70. The summed E-state index contributed by atoms with van der Waals surface area (Å²) in [5, 5.41) is 6.27. The lowest BCUT2D eigenvalue weighted by Gasteiger charge is -2.31. The van der Waals surface area contributed by atoms with E-state index in [1.54, 1.807) is 30.2 Å². The van der Waals surface area contributed by atoms with Crippen molar-refractivity contribution in [1.29, 1.82) is 0 Å². The summed E-state index contributed by atoms with van der Waals surface area (Å²) in [6.45, 7) is 8.83. The van der Waals surface area contributed by atoms with Gasteiger partial charge in [0.15, 0.2) is 11.5 Å². The van der Waals surface area contributed by atoms with Crippen LogP contribution in [0.15, 0.2) is 97.1 Å². The topological polar surface area (TPSA) is 89.1 Å². The lowest BCUT2D eigenvalue weighted by atomic mass is 9.94. The second-order valence-corrected chi connectivity index (χ2v) is 14.0. The maximum atomic E-state index is 14.3. The summed E-state index contributed by atoms with van der Waals surface area (Å²) < 4.78 is 33.1. The minimum atomic E-state index is -1.12. The highest BCUT2D eigenvalue weighted by molar-refractivity contribution is 6.00. The van der Waals surface area contributed by atoms with Crippen molar-refractivity contribution in [2.24, 2.45) is 5.41 Å². The van der Waals surface area contributed by atoms with E-state index in [2.05, 4.69) is 55.7 Å². The van der Waals surface area contributed by atoms with Gasteiger partial charge < -0.3 is 29.7 Å². The fraction of sp³-hybridized carbons (Fsp3) is 0.381. The standard InChI is InChI=1S/C42H50FN3O5/c1-42(2,3)29-46-35-22-11-9-19-32(35)39(51-37(41(46)48)27-38(47)45-28-31-18-8-10-21-34(31)43)33-20-12-23-36(40(33)49-4)50-26-14-25-44-24-13-17-30-15-6-5-7-16-30/h5-12,15-16,18-23,37,39,44H,13-14,17,24-29H2,1-4H3,(H,45,47). The number of benzene rings is 4. The molecule has 2 N–H and O–H groups in total. The summed E-state index contributed by atoms with van der Waals surface area (Å²) in [4.78, 5) is 29.3. The molecule has 0 aromatic heterocycles. The first-order valence-electron chi connectivity index (χ1n) is 17.7. The van der Waals surface area contributed by atoms with Crippen LogP contribution in [0.3, 0.4) is 0 Å². The van der Waals surface area contributed by atoms with E-state index in [9.17, 15) is 14.0 Å². The van der Waals surface area contributed by atoms with Gasteiger partial charge in [-0.2, -0.15) is 0 Å². The van der Waals surface area contributed by atoms with Crippen molar-refractivity contribution in [3.8, 4) is 11.5 Å². The van der Waals surface area contributed by atoms with Crippen molar-refractivity contribution >= 4 is 17.5 Å². The van der Waals surface area contributed by atoms with Crippen LogP contribution in [0.25, 0.3) is 0 Å². The molecule has 51 heavy (non-hydrogen) atoms. The molecule has 4 aromatic carbocycles. The van der Waals surface area contributed by atoms with E-state index in [4.69, 9.17) is 14.2 Å². The summed E-state index contributed by atoms with van der Waals surface area (Å²) in [5.74, 6) is -0.0666. The number of aryl methyl sites for hydroxylation is 1. The van der Waals surface area contributed by atoms with Crippen molar-refractivity contribution in [3.05, 3.63) is 125 Å². The predicted molar refractivity (Wildman–Crippen MR) is 199 cm³/mol. The van der Waals surface area contributed by atoms with E-state index in [1.807, 2.05) is 48.5 Å². The fourth-order valence-electron chi connectivity index (χ4n) is 6.27. The highest BCUT2D eigenvalue weighted by Gasteiger charge is 2.40. The Hall–Kier alpha value is -4.73. The molecule has 0 saturated carbocycles. The Labute approximate surface area is 301 Å². The van der Waals surface area contributed by atoms with Crippen LogP contribution in [0.5, 0.6) is 11.5 Å². The zero-order valence-corrected chi connectivity index (χ0v) is 30.1. The molecular formula is C42H50FN3O5. The number of hydrogen-bond donors (Lipinski definition) is 2. The van der Waals surface area contributed by atoms with Crippen molar-refractivity contribution < 1.29 is 28.2 Å². The Morgan fingerprint density at radius 1 is 0.882 bits per heavy atom. The first-order chi connectivity index (χ1) is 24.6. The van der Waals surface area contributed by atoms with Gasteiger partial charge in [-0.05, 0) is 61.5 Å². The molecular weight excluding hydrogens is 645 g/mol. The van der Waals surface area contributed by atoms with Gasteiger partial charge in [0.25, 0.3) is 5.91 Å². The van der Waals surface area contributed by atoms with Gasteiger partial charge in [0.1, 0.15) is 18.0 Å². The molecule has 4 aromatic rings.